The number of nitrogens with zero attached hydrogens (tertiary/aromatic N) is 2. The number of hydrogen-bond acceptors (Lipinski definition) is 3. The number of benzene rings is 1. The predicted octanol–water partition coefficient (Wildman–Crippen LogP) is 3.21. The van der Waals surface area contributed by atoms with Gasteiger partial charge in [-0.1, -0.05) is 18.2 Å². The van der Waals surface area contributed by atoms with E-state index in [9.17, 15) is 9.18 Å². The van der Waals surface area contributed by atoms with Gasteiger partial charge < -0.3 is 15.5 Å². The van der Waals surface area contributed by atoms with Gasteiger partial charge in [-0.05, 0) is 43.0 Å². The highest BCUT2D eigenvalue weighted by Gasteiger charge is 2.15. The maximum atomic E-state index is 12.9. The van der Waals surface area contributed by atoms with Crippen molar-refractivity contribution in [2.24, 2.45) is 0 Å². The van der Waals surface area contributed by atoms with Crippen molar-refractivity contribution in [2.75, 3.05) is 18.0 Å². The molecule has 2 N–H and O–H groups in total. The minimum absolute atomic E-state index is 0.252. The van der Waals surface area contributed by atoms with Gasteiger partial charge in [0, 0.05) is 37.9 Å². The van der Waals surface area contributed by atoms with Crippen LogP contribution < -0.4 is 15.5 Å². The van der Waals surface area contributed by atoms with E-state index in [1.54, 1.807) is 18.3 Å². The lowest BCUT2D eigenvalue weighted by Gasteiger charge is -2.29. The number of pyridine rings is 1. The van der Waals surface area contributed by atoms with Gasteiger partial charge in [0.25, 0.3) is 0 Å². The van der Waals surface area contributed by atoms with Crippen LogP contribution in [0.3, 0.4) is 0 Å². The topological polar surface area (TPSA) is 57.3 Å². The van der Waals surface area contributed by atoms with E-state index >= 15 is 0 Å². The quantitative estimate of drug-likeness (QED) is 0.877. The molecule has 1 aromatic carbocycles. The summed E-state index contributed by atoms with van der Waals surface area (Å²) in [6.07, 6.45) is 5.42. The summed E-state index contributed by atoms with van der Waals surface area (Å²) in [6.45, 7) is 2.81. The molecule has 25 heavy (non-hydrogen) atoms. The van der Waals surface area contributed by atoms with E-state index in [0.29, 0.717) is 13.1 Å². The van der Waals surface area contributed by atoms with Gasteiger partial charge in [0.05, 0.1) is 0 Å². The molecule has 5 nitrogen and oxygen atoms in total. The van der Waals surface area contributed by atoms with Crippen molar-refractivity contribution in [3.05, 3.63) is 59.5 Å². The molecule has 1 saturated heterocycles. The number of hydrogen-bond donors (Lipinski definition) is 2. The summed E-state index contributed by atoms with van der Waals surface area (Å²) < 4.78 is 12.9. The van der Waals surface area contributed by atoms with Crippen molar-refractivity contribution in [3.8, 4) is 0 Å². The Morgan fingerprint density at radius 1 is 1.04 bits per heavy atom. The smallest absolute Gasteiger partial charge is 0.315 e. The monoisotopic (exact) mass is 342 g/mol. The van der Waals surface area contributed by atoms with Crippen molar-refractivity contribution < 1.29 is 9.18 Å². The lowest BCUT2D eigenvalue weighted by atomic mass is 10.1. The highest BCUT2D eigenvalue weighted by Crippen LogP contribution is 2.21. The maximum absolute atomic E-state index is 12.9. The molecule has 2 amide bonds. The van der Waals surface area contributed by atoms with E-state index in [-0.39, 0.29) is 11.8 Å². The van der Waals surface area contributed by atoms with Crippen molar-refractivity contribution in [3.63, 3.8) is 0 Å². The zero-order valence-electron chi connectivity index (χ0n) is 14.2. The molecule has 0 bridgehead atoms. The first kappa shape index (κ1) is 17.2. The van der Waals surface area contributed by atoms with Gasteiger partial charge in [-0.25, -0.2) is 14.2 Å². The number of nitrogens with one attached hydrogen (secondary N) is 2. The number of carbonyl (C=O) groups is 1. The molecule has 6 heteroatoms. The third kappa shape index (κ3) is 4.92. The van der Waals surface area contributed by atoms with Crippen LogP contribution in [0.2, 0.25) is 0 Å². The summed E-state index contributed by atoms with van der Waals surface area (Å²) in [7, 11) is 0. The van der Waals surface area contributed by atoms with E-state index < -0.39 is 0 Å². The lowest BCUT2D eigenvalue weighted by molar-refractivity contribution is 0.240. The first-order valence-electron chi connectivity index (χ1n) is 8.67. The van der Waals surface area contributed by atoms with Crippen LogP contribution in [0.15, 0.2) is 42.6 Å². The zero-order chi connectivity index (χ0) is 17.5. The van der Waals surface area contributed by atoms with Gasteiger partial charge in [0.1, 0.15) is 11.6 Å². The fraction of sp³-hybridized carbons (Fsp3) is 0.368. The molecule has 2 heterocycles. The van der Waals surface area contributed by atoms with Gasteiger partial charge in [-0.15, -0.1) is 0 Å². The first-order valence-corrected chi connectivity index (χ1v) is 8.67. The van der Waals surface area contributed by atoms with Crippen LogP contribution in [-0.4, -0.2) is 24.1 Å². The Bertz CT molecular complexity index is 699. The minimum Gasteiger partial charge on any atom is -0.356 e. The molecule has 0 atom stereocenters. The van der Waals surface area contributed by atoms with Crippen LogP contribution in [0.5, 0.6) is 0 Å². The molecule has 2 aromatic rings. The molecule has 1 aliphatic rings. The number of piperidine rings is 1. The van der Waals surface area contributed by atoms with Crippen molar-refractivity contribution in [1.82, 2.24) is 15.6 Å². The van der Waals surface area contributed by atoms with Gasteiger partial charge in [-0.3, -0.25) is 0 Å². The summed E-state index contributed by atoms with van der Waals surface area (Å²) in [5, 5.41) is 5.65. The number of urea groups is 1. The van der Waals surface area contributed by atoms with Crippen LogP contribution in [0.1, 0.15) is 30.4 Å². The standard InChI is InChI=1S/C19H23FN4O/c20-17-8-6-15(7-9-17)13-22-19(25)23-14-16-5-4-10-21-18(16)24-11-2-1-3-12-24/h4-10H,1-3,11-14H2,(H2,22,23,25). The average molecular weight is 342 g/mol. The van der Waals surface area contributed by atoms with Crippen LogP contribution in [0, 0.1) is 5.82 Å². The van der Waals surface area contributed by atoms with Crippen LogP contribution in [-0.2, 0) is 13.1 Å². The van der Waals surface area contributed by atoms with Crippen molar-refractivity contribution in [2.45, 2.75) is 32.4 Å². The van der Waals surface area contributed by atoms with Gasteiger partial charge in [0.2, 0.25) is 0 Å². The second kappa shape index (κ2) is 8.46. The van der Waals surface area contributed by atoms with Gasteiger partial charge in [-0.2, -0.15) is 0 Å². The van der Waals surface area contributed by atoms with Crippen LogP contribution in [0.25, 0.3) is 0 Å². The molecule has 0 unspecified atom stereocenters. The number of aromatic nitrogens is 1. The molecule has 0 spiro atoms. The molecule has 0 radical (unpaired) electrons. The molecular formula is C19H23FN4O. The van der Waals surface area contributed by atoms with E-state index in [1.807, 2.05) is 12.1 Å². The Morgan fingerprint density at radius 2 is 1.76 bits per heavy atom. The Balaban J connectivity index is 1.52. The second-order valence-corrected chi connectivity index (χ2v) is 6.20. The molecule has 132 valence electrons. The van der Waals surface area contributed by atoms with Crippen molar-refractivity contribution in [1.29, 1.82) is 0 Å². The molecule has 0 saturated carbocycles. The summed E-state index contributed by atoms with van der Waals surface area (Å²) >= 11 is 0. The number of rotatable bonds is 5. The summed E-state index contributed by atoms with van der Waals surface area (Å²) in [5.74, 6) is 0.677. The van der Waals surface area contributed by atoms with E-state index in [4.69, 9.17) is 0 Å². The normalized spacial score (nSPS) is 14.2. The molecule has 1 aliphatic heterocycles. The first-order chi connectivity index (χ1) is 12.2. The SMILES string of the molecule is O=C(NCc1ccc(F)cc1)NCc1cccnc1N1CCCCC1. The van der Waals surface area contributed by atoms with Crippen LogP contribution >= 0.6 is 0 Å². The van der Waals surface area contributed by atoms with Crippen molar-refractivity contribution >= 4 is 11.8 Å². The maximum Gasteiger partial charge on any atom is 0.315 e. The van der Waals surface area contributed by atoms with E-state index in [0.717, 1.165) is 30.0 Å². The zero-order valence-corrected chi connectivity index (χ0v) is 14.2. The predicted molar refractivity (Wildman–Crippen MR) is 95.8 cm³/mol. The van der Waals surface area contributed by atoms with Crippen LogP contribution in [0.4, 0.5) is 15.0 Å². The average Bonchev–Trinajstić information content (AvgIpc) is 2.67. The lowest BCUT2D eigenvalue weighted by Crippen LogP contribution is -2.36. The molecular weight excluding hydrogens is 319 g/mol. The Morgan fingerprint density at radius 3 is 2.52 bits per heavy atom. The fourth-order valence-corrected chi connectivity index (χ4v) is 2.98. The summed E-state index contributed by atoms with van der Waals surface area (Å²) in [4.78, 5) is 18.8. The third-order valence-corrected chi connectivity index (χ3v) is 4.33. The van der Waals surface area contributed by atoms with E-state index in [1.165, 1.54) is 31.4 Å². The molecule has 1 aromatic heterocycles. The Labute approximate surface area is 147 Å². The Hall–Kier alpha value is -2.63. The summed E-state index contributed by atoms with van der Waals surface area (Å²) in [5.41, 5.74) is 1.87. The summed E-state index contributed by atoms with van der Waals surface area (Å²) in [6, 6.07) is 9.72. The largest absolute Gasteiger partial charge is 0.356 e. The third-order valence-electron chi connectivity index (χ3n) is 4.33. The number of anilines is 1. The molecule has 3 rings (SSSR count). The fourth-order valence-electron chi connectivity index (χ4n) is 2.98. The number of carbonyl (C=O) groups excluding carboxylic acids is 1. The minimum atomic E-state index is -0.282. The number of halogens is 1. The van der Waals surface area contributed by atoms with Gasteiger partial charge in [0.15, 0.2) is 0 Å². The molecule has 0 aliphatic carbocycles. The number of amides is 2. The molecule has 1 fully saturated rings. The van der Waals surface area contributed by atoms with Gasteiger partial charge >= 0.3 is 6.03 Å². The highest BCUT2D eigenvalue weighted by molar-refractivity contribution is 5.74. The second-order valence-electron chi connectivity index (χ2n) is 6.20. The highest BCUT2D eigenvalue weighted by atomic mass is 19.1. The van der Waals surface area contributed by atoms with E-state index in [2.05, 4.69) is 20.5 Å². The Kier molecular flexibility index (Phi) is 5.82.